The highest BCUT2D eigenvalue weighted by Crippen LogP contribution is 2.23. The van der Waals surface area contributed by atoms with Gasteiger partial charge in [0.2, 0.25) is 0 Å². The summed E-state index contributed by atoms with van der Waals surface area (Å²) in [6.07, 6.45) is 0.944. The Balaban J connectivity index is 2.71. The van der Waals surface area contributed by atoms with E-state index in [1.807, 2.05) is 19.1 Å². The van der Waals surface area contributed by atoms with Gasteiger partial charge in [-0.1, -0.05) is 36.7 Å². The van der Waals surface area contributed by atoms with Crippen molar-refractivity contribution in [1.29, 1.82) is 0 Å². The topological polar surface area (TPSA) is 29.1 Å². The number of rotatable bonds is 4. The van der Waals surface area contributed by atoms with Gasteiger partial charge in [-0.2, -0.15) is 0 Å². The number of carbonyl (C=O) groups is 1. The summed E-state index contributed by atoms with van der Waals surface area (Å²) in [7, 11) is 0. The molecule has 0 aromatic carbocycles. The minimum atomic E-state index is 0.0453. The molecule has 1 aromatic rings. The molecule has 17 heavy (non-hydrogen) atoms. The molecule has 1 aromatic heterocycles. The zero-order chi connectivity index (χ0) is 13.1. The van der Waals surface area contributed by atoms with Crippen molar-refractivity contribution in [1.82, 2.24) is 5.32 Å². The van der Waals surface area contributed by atoms with E-state index in [2.05, 4.69) is 42.0 Å². The van der Waals surface area contributed by atoms with Crippen LogP contribution in [0.3, 0.4) is 0 Å². The van der Waals surface area contributed by atoms with Crippen molar-refractivity contribution >= 4 is 33.2 Å². The van der Waals surface area contributed by atoms with E-state index in [0.717, 1.165) is 16.6 Å². The van der Waals surface area contributed by atoms with Crippen LogP contribution < -0.4 is 5.32 Å². The summed E-state index contributed by atoms with van der Waals surface area (Å²) in [5.74, 6) is 0.0453. The predicted molar refractivity (Wildman–Crippen MR) is 78.2 cm³/mol. The van der Waals surface area contributed by atoms with E-state index in [0.29, 0.717) is 0 Å². The van der Waals surface area contributed by atoms with Gasteiger partial charge >= 0.3 is 0 Å². The highest BCUT2D eigenvalue weighted by Gasteiger charge is 2.26. The summed E-state index contributed by atoms with van der Waals surface area (Å²) in [5.41, 5.74) is 0.0791. The molecule has 1 rings (SSSR count). The number of nitrogens with one attached hydrogen (secondary N) is 1. The molecule has 0 bridgehead atoms. The first-order chi connectivity index (χ1) is 7.84. The Bertz CT molecular complexity index is 381. The molecule has 0 saturated carbocycles. The second-order valence-corrected chi connectivity index (χ2v) is 7.36. The van der Waals surface area contributed by atoms with Gasteiger partial charge in [0.05, 0.1) is 4.88 Å². The van der Waals surface area contributed by atoms with Crippen molar-refractivity contribution in [3.05, 3.63) is 21.9 Å². The van der Waals surface area contributed by atoms with E-state index >= 15 is 0 Å². The van der Waals surface area contributed by atoms with Crippen LogP contribution in [0.4, 0.5) is 0 Å². The molecule has 0 aliphatic heterocycles. The average Bonchev–Trinajstić information content (AvgIpc) is 2.62. The lowest BCUT2D eigenvalue weighted by Gasteiger charge is -2.31. The number of hydrogen-bond acceptors (Lipinski definition) is 2. The molecule has 0 aliphatic carbocycles. The second kappa shape index (κ2) is 6.01. The van der Waals surface area contributed by atoms with Crippen LogP contribution in [0.1, 0.15) is 41.7 Å². The summed E-state index contributed by atoms with van der Waals surface area (Å²) >= 11 is 4.99. The fraction of sp³-hybridized carbons (Fsp3) is 0.615. The normalized spacial score (nSPS) is 13.5. The third-order valence-electron chi connectivity index (χ3n) is 2.71. The first-order valence-electron chi connectivity index (χ1n) is 5.78. The molecule has 1 atom stereocenters. The number of thiophene rings is 1. The summed E-state index contributed by atoms with van der Waals surface area (Å²) in [6, 6.07) is 4.07. The van der Waals surface area contributed by atoms with Crippen LogP contribution >= 0.6 is 27.3 Å². The molecule has 0 aliphatic rings. The third-order valence-corrected chi connectivity index (χ3v) is 4.17. The van der Waals surface area contributed by atoms with Crippen LogP contribution in [-0.4, -0.2) is 17.3 Å². The lowest BCUT2D eigenvalue weighted by Crippen LogP contribution is -2.43. The molecule has 0 radical (unpaired) electrons. The lowest BCUT2D eigenvalue weighted by atomic mass is 9.85. The zero-order valence-corrected chi connectivity index (χ0v) is 13.2. The molecule has 4 heteroatoms. The minimum Gasteiger partial charge on any atom is -0.348 e. The van der Waals surface area contributed by atoms with E-state index in [-0.39, 0.29) is 17.4 Å². The van der Waals surface area contributed by atoms with E-state index in [1.54, 1.807) is 11.3 Å². The van der Waals surface area contributed by atoms with Crippen molar-refractivity contribution < 1.29 is 4.79 Å². The van der Waals surface area contributed by atoms with Gasteiger partial charge in [-0.3, -0.25) is 4.79 Å². The first kappa shape index (κ1) is 14.7. The molecule has 0 saturated heterocycles. The van der Waals surface area contributed by atoms with Crippen LogP contribution in [0.15, 0.2) is 12.1 Å². The Kier molecular flexibility index (Phi) is 5.20. The summed E-state index contributed by atoms with van der Waals surface area (Å²) in [6.45, 7) is 8.47. The third kappa shape index (κ3) is 4.43. The maximum absolute atomic E-state index is 12.1. The Morgan fingerprint density at radius 3 is 2.53 bits per heavy atom. The fourth-order valence-corrected chi connectivity index (χ4v) is 2.85. The number of carbonyl (C=O) groups excluding carboxylic acids is 1. The van der Waals surface area contributed by atoms with Crippen molar-refractivity contribution in [2.45, 2.75) is 40.2 Å². The molecule has 0 spiro atoms. The minimum absolute atomic E-state index is 0.0453. The van der Waals surface area contributed by atoms with Gasteiger partial charge in [0.1, 0.15) is 0 Å². The van der Waals surface area contributed by atoms with Crippen LogP contribution in [0.25, 0.3) is 0 Å². The fourth-order valence-electron chi connectivity index (χ4n) is 1.62. The van der Waals surface area contributed by atoms with E-state index in [4.69, 9.17) is 0 Å². The number of amides is 1. The SMILES string of the molecule is Cc1ccc(C(=O)NC(CCBr)C(C)(C)C)s1. The molecular formula is C13H20BrNOS. The first-order valence-corrected chi connectivity index (χ1v) is 7.71. The quantitative estimate of drug-likeness (QED) is 0.836. The van der Waals surface area contributed by atoms with Crippen LogP contribution in [0.5, 0.6) is 0 Å². The smallest absolute Gasteiger partial charge is 0.261 e. The van der Waals surface area contributed by atoms with Crippen molar-refractivity contribution in [3.63, 3.8) is 0 Å². The Hall–Kier alpha value is -0.350. The maximum Gasteiger partial charge on any atom is 0.261 e. The number of aryl methyl sites for hydroxylation is 1. The molecular weight excluding hydrogens is 298 g/mol. The maximum atomic E-state index is 12.1. The van der Waals surface area contributed by atoms with Crippen molar-refractivity contribution in [2.24, 2.45) is 5.41 Å². The van der Waals surface area contributed by atoms with E-state index in [1.165, 1.54) is 4.88 Å². The van der Waals surface area contributed by atoms with Gasteiger partial charge < -0.3 is 5.32 Å². The molecule has 1 heterocycles. The molecule has 2 nitrogen and oxygen atoms in total. The summed E-state index contributed by atoms with van der Waals surface area (Å²) < 4.78 is 0. The Morgan fingerprint density at radius 1 is 1.47 bits per heavy atom. The van der Waals surface area contributed by atoms with Crippen LogP contribution in [0.2, 0.25) is 0 Å². The zero-order valence-electron chi connectivity index (χ0n) is 10.8. The second-order valence-electron chi connectivity index (χ2n) is 5.28. The molecule has 0 fully saturated rings. The molecule has 96 valence electrons. The number of hydrogen-bond donors (Lipinski definition) is 1. The highest BCUT2D eigenvalue weighted by molar-refractivity contribution is 9.09. The predicted octanol–water partition coefficient (Wildman–Crippen LogP) is 3.99. The van der Waals surface area contributed by atoms with E-state index < -0.39 is 0 Å². The average molecular weight is 318 g/mol. The Morgan fingerprint density at radius 2 is 2.12 bits per heavy atom. The number of halogens is 1. The van der Waals surface area contributed by atoms with Crippen molar-refractivity contribution in [3.8, 4) is 0 Å². The van der Waals surface area contributed by atoms with Gasteiger partial charge in [0, 0.05) is 16.2 Å². The number of alkyl halides is 1. The Labute approximate surface area is 116 Å². The van der Waals surface area contributed by atoms with E-state index in [9.17, 15) is 4.79 Å². The lowest BCUT2D eigenvalue weighted by molar-refractivity contribution is 0.0905. The molecule has 1 amide bonds. The monoisotopic (exact) mass is 317 g/mol. The van der Waals surface area contributed by atoms with Crippen LogP contribution in [0, 0.1) is 12.3 Å². The van der Waals surface area contributed by atoms with Gasteiger partial charge in [-0.25, -0.2) is 0 Å². The van der Waals surface area contributed by atoms with Crippen molar-refractivity contribution in [2.75, 3.05) is 5.33 Å². The van der Waals surface area contributed by atoms with Gasteiger partial charge in [-0.15, -0.1) is 11.3 Å². The largest absolute Gasteiger partial charge is 0.348 e. The van der Waals surface area contributed by atoms with Gasteiger partial charge in [0.25, 0.3) is 5.91 Å². The van der Waals surface area contributed by atoms with Gasteiger partial charge in [0.15, 0.2) is 0 Å². The standard InChI is InChI=1S/C13H20BrNOS/c1-9-5-6-10(17-9)12(16)15-11(7-8-14)13(2,3)4/h5-6,11H,7-8H2,1-4H3,(H,15,16). The molecule has 1 N–H and O–H groups in total. The van der Waals surface area contributed by atoms with Gasteiger partial charge in [-0.05, 0) is 30.9 Å². The summed E-state index contributed by atoms with van der Waals surface area (Å²) in [5, 5.41) is 4.03. The van der Waals surface area contributed by atoms with Crippen LogP contribution in [-0.2, 0) is 0 Å². The summed E-state index contributed by atoms with van der Waals surface area (Å²) in [4.78, 5) is 14.0. The molecule has 1 unspecified atom stereocenters. The highest BCUT2D eigenvalue weighted by atomic mass is 79.9.